The van der Waals surface area contributed by atoms with Crippen molar-refractivity contribution in [1.82, 2.24) is 9.78 Å². The Morgan fingerprint density at radius 2 is 2.42 bits per heavy atom. The molecule has 2 rings (SSSR count). The third-order valence-electron chi connectivity index (χ3n) is 3.53. The third kappa shape index (κ3) is 3.56. The van der Waals surface area contributed by atoms with Crippen LogP contribution < -0.4 is 5.32 Å². The van der Waals surface area contributed by atoms with Gasteiger partial charge < -0.3 is 10.1 Å². The zero-order valence-corrected chi connectivity index (χ0v) is 12.0. The van der Waals surface area contributed by atoms with Crippen LogP contribution in [0.15, 0.2) is 6.07 Å². The fourth-order valence-electron chi connectivity index (χ4n) is 2.37. The Labute approximate surface area is 114 Å². The largest absolute Gasteiger partial charge is 0.368 e. The highest BCUT2D eigenvalue weighted by molar-refractivity contribution is 5.93. The molecule has 5 nitrogen and oxygen atoms in total. The molecule has 1 N–H and O–H groups in total. The smallest absolute Gasteiger partial charge is 0.254 e. The number of ether oxygens (including phenoxy) is 1. The van der Waals surface area contributed by atoms with E-state index in [2.05, 4.69) is 24.3 Å². The van der Waals surface area contributed by atoms with Crippen molar-refractivity contribution in [1.29, 1.82) is 0 Å². The average molecular weight is 265 g/mol. The molecule has 0 unspecified atom stereocenters. The number of nitrogens with one attached hydrogen (secondary N) is 1. The molecule has 5 heteroatoms. The van der Waals surface area contributed by atoms with Gasteiger partial charge in [0.15, 0.2) is 0 Å². The van der Waals surface area contributed by atoms with Crippen molar-refractivity contribution >= 4 is 11.7 Å². The molecule has 2 heterocycles. The summed E-state index contributed by atoms with van der Waals surface area (Å²) in [6.45, 7) is 4.95. The van der Waals surface area contributed by atoms with Gasteiger partial charge in [0.05, 0.1) is 5.69 Å². The topological polar surface area (TPSA) is 56.1 Å². The number of rotatable bonds is 4. The highest BCUT2D eigenvalue weighted by Crippen LogP contribution is 2.21. The summed E-state index contributed by atoms with van der Waals surface area (Å²) in [5.74, 6) is 1.24. The second kappa shape index (κ2) is 6.19. The number of nitrogens with zero attached hydrogens (tertiary/aromatic N) is 2. The Balaban J connectivity index is 1.98. The molecule has 1 amide bonds. The lowest BCUT2D eigenvalue weighted by Gasteiger charge is -2.26. The molecule has 2 atom stereocenters. The van der Waals surface area contributed by atoms with Crippen LogP contribution in [0.3, 0.4) is 0 Å². The van der Waals surface area contributed by atoms with Crippen LogP contribution in [0.4, 0.5) is 5.82 Å². The van der Waals surface area contributed by atoms with Gasteiger partial charge in [-0.05, 0) is 25.2 Å². The first-order valence-electron chi connectivity index (χ1n) is 7.05. The zero-order chi connectivity index (χ0) is 13.8. The number of aryl methyl sites for hydroxylation is 2. The second-order valence-corrected chi connectivity index (χ2v) is 5.37. The quantitative estimate of drug-likeness (QED) is 0.907. The molecule has 0 aromatic carbocycles. The number of hydrogen-bond donors (Lipinski definition) is 1. The predicted octanol–water partition coefficient (Wildman–Crippen LogP) is 2.13. The average Bonchev–Trinajstić information content (AvgIpc) is 2.70. The molecular formula is C14H23N3O2. The van der Waals surface area contributed by atoms with Crippen LogP contribution in [0.25, 0.3) is 0 Å². The molecule has 1 fully saturated rings. The molecule has 1 saturated heterocycles. The Morgan fingerprint density at radius 3 is 3.11 bits per heavy atom. The summed E-state index contributed by atoms with van der Waals surface area (Å²) < 4.78 is 7.25. The molecule has 0 aliphatic carbocycles. The van der Waals surface area contributed by atoms with Crippen LogP contribution in [0, 0.1) is 5.92 Å². The van der Waals surface area contributed by atoms with E-state index < -0.39 is 0 Å². The summed E-state index contributed by atoms with van der Waals surface area (Å²) in [6.07, 6.45) is 3.49. The number of carbonyl (C=O) groups is 1. The molecule has 0 radical (unpaired) electrons. The maximum absolute atomic E-state index is 12.2. The molecule has 106 valence electrons. The number of anilines is 1. The van der Waals surface area contributed by atoms with Crippen LogP contribution in [0.5, 0.6) is 0 Å². The van der Waals surface area contributed by atoms with Crippen molar-refractivity contribution in [3.63, 3.8) is 0 Å². The maximum atomic E-state index is 12.2. The van der Waals surface area contributed by atoms with Gasteiger partial charge in [-0.3, -0.25) is 9.48 Å². The minimum atomic E-state index is -0.326. The van der Waals surface area contributed by atoms with Crippen LogP contribution in [-0.4, -0.2) is 28.4 Å². The summed E-state index contributed by atoms with van der Waals surface area (Å²) >= 11 is 0. The maximum Gasteiger partial charge on any atom is 0.254 e. The molecule has 0 bridgehead atoms. The minimum absolute atomic E-state index is 0.0578. The van der Waals surface area contributed by atoms with E-state index in [-0.39, 0.29) is 12.0 Å². The number of carbonyl (C=O) groups excluding carboxylic acids is 1. The van der Waals surface area contributed by atoms with Gasteiger partial charge in [-0.1, -0.05) is 20.3 Å². The highest BCUT2D eigenvalue weighted by Gasteiger charge is 2.26. The fraction of sp³-hybridized carbons (Fsp3) is 0.714. The molecule has 0 spiro atoms. The standard InChI is InChI=1S/C14H23N3O2/c1-4-5-11-9-13(17(3)16-11)15-14(18)12-8-10(2)6-7-19-12/h9-10,12H,4-8H2,1-3H3,(H,15,18)/t10-,12-/m0/s1. The van der Waals surface area contributed by atoms with E-state index in [4.69, 9.17) is 4.74 Å². The number of aromatic nitrogens is 2. The van der Waals surface area contributed by atoms with Gasteiger partial charge >= 0.3 is 0 Å². The first-order valence-corrected chi connectivity index (χ1v) is 7.05. The first-order chi connectivity index (χ1) is 9.10. The fourth-order valence-corrected chi connectivity index (χ4v) is 2.37. The van der Waals surface area contributed by atoms with Gasteiger partial charge in [0.2, 0.25) is 0 Å². The monoisotopic (exact) mass is 265 g/mol. The van der Waals surface area contributed by atoms with Crippen LogP contribution >= 0.6 is 0 Å². The molecule has 1 aliphatic heterocycles. The van der Waals surface area contributed by atoms with E-state index in [0.29, 0.717) is 12.5 Å². The van der Waals surface area contributed by atoms with Crippen molar-refractivity contribution < 1.29 is 9.53 Å². The Morgan fingerprint density at radius 1 is 1.63 bits per heavy atom. The van der Waals surface area contributed by atoms with Gasteiger partial charge in [0.1, 0.15) is 11.9 Å². The van der Waals surface area contributed by atoms with Crippen molar-refractivity contribution in [3.05, 3.63) is 11.8 Å². The Kier molecular flexibility index (Phi) is 4.58. The lowest BCUT2D eigenvalue weighted by Crippen LogP contribution is -2.36. The molecule has 1 aromatic rings. The Bertz CT molecular complexity index is 442. The zero-order valence-electron chi connectivity index (χ0n) is 12.0. The van der Waals surface area contributed by atoms with E-state index in [1.54, 1.807) is 4.68 Å². The first kappa shape index (κ1) is 14.1. The predicted molar refractivity (Wildman–Crippen MR) is 74.0 cm³/mol. The van der Waals surface area contributed by atoms with E-state index in [0.717, 1.165) is 37.2 Å². The number of hydrogen-bond acceptors (Lipinski definition) is 3. The third-order valence-corrected chi connectivity index (χ3v) is 3.53. The van der Waals surface area contributed by atoms with Gasteiger partial charge in [-0.2, -0.15) is 5.10 Å². The summed E-state index contributed by atoms with van der Waals surface area (Å²) in [4.78, 5) is 12.2. The van der Waals surface area contributed by atoms with Gasteiger partial charge in [-0.15, -0.1) is 0 Å². The van der Waals surface area contributed by atoms with Gasteiger partial charge in [0.25, 0.3) is 5.91 Å². The van der Waals surface area contributed by atoms with Crippen LogP contribution in [-0.2, 0) is 23.0 Å². The molecule has 1 aliphatic rings. The van der Waals surface area contributed by atoms with Crippen molar-refractivity contribution in [2.45, 2.75) is 45.6 Å². The summed E-state index contributed by atoms with van der Waals surface area (Å²) in [5.41, 5.74) is 1.01. The normalized spacial score (nSPS) is 23.3. The van der Waals surface area contributed by atoms with Crippen LogP contribution in [0.1, 0.15) is 38.8 Å². The minimum Gasteiger partial charge on any atom is -0.368 e. The Hall–Kier alpha value is -1.36. The van der Waals surface area contributed by atoms with Gasteiger partial charge in [-0.25, -0.2) is 0 Å². The van der Waals surface area contributed by atoms with Gasteiger partial charge in [0, 0.05) is 19.7 Å². The van der Waals surface area contributed by atoms with E-state index in [1.807, 2.05) is 13.1 Å². The van der Waals surface area contributed by atoms with E-state index >= 15 is 0 Å². The number of amides is 1. The molecule has 1 aromatic heterocycles. The summed E-state index contributed by atoms with van der Waals surface area (Å²) in [5, 5.41) is 7.29. The second-order valence-electron chi connectivity index (χ2n) is 5.37. The lowest BCUT2D eigenvalue weighted by atomic mass is 9.97. The highest BCUT2D eigenvalue weighted by atomic mass is 16.5. The van der Waals surface area contributed by atoms with Crippen LogP contribution in [0.2, 0.25) is 0 Å². The molecule has 0 saturated carbocycles. The van der Waals surface area contributed by atoms with E-state index in [9.17, 15) is 4.79 Å². The molecule has 19 heavy (non-hydrogen) atoms. The summed E-state index contributed by atoms with van der Waals surface area (Å²) in [7, 11) is 1.85. The molecular weight excluding hydrogens is 242 g/mol. The van der Waals surface area contributed by atoms with Crippen molar-refractivity contribution in [2.75, 3.05) is 11.9 Å². The van der Waals surface area contributed by atoms with Crippen molar-refractivity contribution in [3.8, 4) is 0 Å². The SMILES string of the molecule is CCCc1cc(NC(=O)[C@@H]2C[C@@H](C)CCO2)n(C)n1. The lowest BCUT2D eigenvalue weighted by molar-refractivity contribution is -0.131. The van der Waals surface area contributed by atoms with Crippen molar-refractivity contribution in [2.24, 2.45) is 13.0 Å². The van der Waals surface area contributed by atoms with E-state index in [1.165, 1.54) is 0 Å². The summed E-state index contributed by atoms with van der Waals surface area (Å²) in [6, 6.07) is 1.94.